The number of aromatic nitrogens is 1. The van der Waals surface area contributed by atoms with E-state index in [0.717, 1.165) is 24.1 Å². The van der Waals surface area contributed by atoms with Gasteiger partial charge in [-0.2, -0.15) is 0 Å². The lowest BCUT2D eigenvalue weighted by Crippen LogP contribution is -1.97. The van der Waals surface area contributed by atoms with Crippen molar-refractivity contribution in [2.24, 2.45) is 5.41 Å². The molecule has 0 atom stereocenters. The smallest absolute Gasteiger partial charge is 0.175 e. The maximum Gasteiger partial charge on any atom is 0.175 e. The number of sulfone groups is 1. The zero-order valence-electron chi connectivity index (χ0n) is 13.4. The van der Waals surface area contributed by atoms with E-state index in [9.17, 15) is 8.42 Å². The number of pyridine rings is 1. The van der Waals surface area contributed by atoms with E-state index >= 15 is 0 Å². The Morgan fingerprint density at radius 3 is 2.21 bits per heavy atom. The summed E-state index contributed by atoms with van der Waals surface area (Å²) in [7, 11) is -3.17. The number of hydrogen-bond acceptors (Lipinski definition) is 3. The minimum atomic E-state index is -3.17. The van der Waals surface area contributed by atoms with Gasteiger partial charge in [-0.1, -0.05) is 23.7 Å². The molecular weight excluding hydrogens is 342 g/mol. The predicted octanol–water partition coefficient (Wildman–Crippen LogP) is 4.62. The van der Waals surface area contributed by atoms with Gasteiger partial charge in [0.15, 0.2) is 9.84 Å². The van der Waals surface area contributed by atoms with Crippen LogP contribution in [0.4, 0.5) is 0 Å². The SMILES string of the molecule is CS(=O)(=O)c1ccc(C2=C(c3ccc(Cl)cn3)CC3(CC3)C2)cc1. The molecule has 1 aromatic carbocycles. The summed E-state index contributed by atoms with van der Waals surface area (Å²) in [4.78, 5) is 4.86. The van der Waals surface area contributed by atoms with E-state index in [4.69, 9.17) is 11.6 Å². The Labute approximate surface area is 147 Å². The van der Waals surface area contributed by atoms with E-state index in [1.165, 1.54) is 30.2 Å². The third-order valence-corrected chi connectivity index (χ3v) is 6.44. The molecule has 2 aliphatic carbocycles. The average Bonchev–Trinajstić information content (AvgIpc) is 3.19. The lowest BCUT2D eigenvalue weighted by molar-refractivity contribution is 0.568. The van der Waals surface area contributed by atoms with Gasteiger partial charge < -0.3 is 0 Å². The van der Waals surface area contributed by atoms with Crippen LogP contribution in [0.15, 0.2) is 47.5 Å². The Hall–Kier alpha value is -1.65. The van der Waals surface area contributed by atoms with Gasteiger partial charge in [0.2, 0.25) is 0 Å². The standard InChI is InChI=1S/C19H18ClNO2S/c1-24(22,23)15-5-2-13(3-6-15)16-10-19(8-9-19)11-17(16)18-7-4-14(20)12-21-18/h2-7,12H,8-11H2,1H3. The van der Waals surface area contributed by atoms with Crippen molar-refractivity contribution in [3.8, 4) is 0 Å². The number of hydrogen-bond donors (Lipinski definition) is 0. The van der Waals surface area contributed by atoms with E-state index in [0.29, 0.717) is 15.3 Å². The van der Waals surface area contributed by atoms with Crippen LogP contribution in [0.3, 0.4) is 0 Å². The van der Waals surface area contributed by atoms with E-state index in [2.05, 4.69) is 4.98 Å². The number of halogens is 1. The summed E-state index contributed by atoms with van der Waals surface area (Å²) in [5.74, 6) is 0. The largest absolute Gasteiger partial charge is 0.255 e. The highest BCUT2D eigenvalue weighted by Gasteiger charge is 2.48. The summed E-state index contributed by atoms with van der Waals surface area (Å²) >= 11 is 5.96. The molecule has 0 radical (unpaired) electrons. The Bertz CT molecular complexity index is 924. The molecule has 1 heterocycles. The molecule has 2 aliphatic rings. The van der Waals surface area contributed by atoms with Gasteiger partial charge in [0.1, 0.15) is 0 Å². The molecule has 1 saturated carbocycles. The van der Waals surface area contributed by atoms with Gasteiger partial charge in [0, 0.05) is 12.5 Å². The maximum atomic E-state index is 11.7. The van der Waals surface area contributed by atoms with Crippen molar-refractivity contribution in [1.29, 1.82) is 0 Å². The van der Waals surface area contributed by atoms with Crippen molar-refractivity contribution >= 4 is 32.6 Å². The van der Waals surface area contributed by atoms with Gasteiger partial charge in [0.25, 0.3) is 0 Å². The molecule has 0 bridgehead atoms. The van der Waals surface area contributed by atoms with Crippen molar-refractivity contribution in [2.45, 2.75) is 30.6 Å². The van der Waals surface area contributed by atoms with Crippen LogP contribution in [0.1, 0.15) is 36.9 Å². The highest BCUT2D eigenvalue weighted by Crippen LogP contribution is 2.63. The van der Waals surface area contributed by atoms with Crippen LogP contribution < -0.4 is 0 Å². The molecule has 0 amide bonds. The Morgan fingerprint density at radius 2 is 1.67 bits per heavy atom. The third-order valence-electron chi connectivity index (χ3n) is 5.09. The van der Waals surface area contributed by atoms with E-state index in [1.807, 2.05) is 24.3 Å². The first-order chi connectivity index (χ1) is 11.4. The molecule has 3 nitrogen and oxygen atoms in total. The first kappa shape index (κ1) is 15.9. The topological polar surface area (TPSA) is 47.0 Å². The normalized spacial score (nSPS) is 19.1. The quantitative estimate of drug-likeness (QED) is 0.803. The van der Waals surface area contributed by atoms with Crippen LogP contribution in [0.5, 0.6) is 0 Å². The molecule has 2 aromatic rings. The Balaban J connectivity index is 1.77. The number of rotatable bonds is 3. The molecule has 124 valence electrons. The number of benzene rings is 1. The molecule has 5 heteroatoms. The molecular formula is C19H18ClNO2S. The Morgan fingerprint density at radius 1 is 1.00 bits per heavy atom. The van der Waals surface area contributed by atoms with Crippen molar-refractivity contribution in [2.75, 3.05) is 6.26 Å². The zero-order valence-corrected chi connectivity index (χ0v) is 15.0. The van der Waals surface area contributed by atoms with E-state index in [-0.39, 0.29) is 0 Å². The van der Waals surface area contributed by atoms with Crippen LogP contribution in [0.25, 0.3) is 11.1 Å². The molecule has 0 unspecified atom stereocenters. The molecule has 1 spiro atoms. The second-order valence-electron chi connectivity index (χ2n) is 6.97. The average molecular weight is 360 g/mol. The van der Waals surface area contributed by atoms with Gasteiger partial charge in [-0.25, -0.2) is 8.42 Å². The fourth-order valence-electron chi connectivity index (χ4n) is 3.54. The minimum Gasteiger partial charge on any atom is -0.255 e. The van der Waals surface area contributed by atoms with E-state index in [1.54, 1.807) is 18.3 Å². The fraction of sp³-hybridized carbons (Fsp3) is 0.316. The van der Waals surface area contributed by atoms with Crippen LogP contribution in [-0.4, -0.2) is 19.7 Å². The molecule has 4 rings (SSSR count). The van der Waals surface area contributed by atoms with Crippen molar-refractivity contribution in [3.63, 3.8) is 0 Å². The van der Waals surface area contributed by atoms with Gasteiger partial charge in [-0.3, -0.25) is 4.98 Å². The summed E-state index contributed by atoms with van der Waals surface area (Å²) < 4.78 is 23.3. The molecule has 1 fully saturated rings. The fourth-order valence-corrected chi connectivity index (χ4v) is 4.28. The number of allylic oxidation sites excluding steroid dienone is 2. The summed E-state index contributed by atoms with van der Waals surface area (Å²) in [6.07, 6.45) is 7.53. The van der Waals surface area contributed by atoms with Gasteiger partial charge in [0.05, 0.1) is 15.6 Å². The third kappa shape index (κ3) is 2.89. The first-order valence-electron chi connectivity index (χ1n) is 8.01. The van der Waals surface area contributed by atoms with E-state index < -0.39 is 9.84 Å². The van der Waals surface area contributed by atoms with Crippen molar-refractivity contribution in [1.82, 2.24) is 4.98 Å². The summed E-state index contributed by atoms with van der Waals surface area (Å²) in [6.45, 7) is 0. The molecule has 1 aromatic heterocycles. The Kier molecular flexibility index (Phi) is 3.59. The number of nitrogens with zero attached hydrogens (tertiary/aromatic N) is 1. The summed E-state index contributed by atoms with van der Waals surface area (Å²) in [5.41, 5.74) is 5.04. The summed E-state index contributed by atoms with van der Waals surface area (Å²) in [6, 6.07) is 11.1. The maximum absolute atomic E-state index is 11.7. The second kappa shape index (κ2) is 5.43. The highest BCUT2D eigenvalue weighted by molar-refractivity contribution is 7.90. The minimum absolute atomic E-state index is 0.358. The van der Waals surface area contributed by atoms with Crippen LogP contribution in [0.2, 0.25) is 5.02 Å². The summed E-state index contributed by atoms with van der Waals surface area (Å²) in [5, 5.41) is 0.637. The second-order valence-corrected chi connectivity index (χ2v) is 9.42. The lowest BCUT2D eigenvalue weighted by atomic mass is 9.99. The molecule has 24 heavy (non-hydrogen) atoms. The highest BCUT2D eigenvalue weighted by atomic mass is 35.5. The van der Waals surface area contributed by atoms with Gasteiger partial charge >= 0.3 is 0 Å². The van der Waals surface area contributed by atoms with Crippen LogP contribution >= 0.6 is 11.6 Å². The van der Waals surface area contributed by atoms with Gasteiger partial charge in [-0.15, -0.1) is 0 Å². The van der Waals surface area contributed by atoms with Crippen molar-refractivity contribution in [3.05, 3.63) is 58.9 Å². The van der Waals surface area contributed by atoms with Crippen LogP contribution in [0, 0.1) is 5.41 Å². The first-order valence-corrected chi connectivity index (χ1v) is 10.3. The molecule has 0 aliphatic heterocycles. The molecule has 0 saturated heterocycles. The molecule has 0 N–H and O–H groups in total. The predicted molar refractivity (Wildman–Crippen MR) is 96.5 cm³/mol. The lowest BCUT2D eigenvalue weighted by Gasteiger charge is -2.08. The van der Waals surface area contributed by atoms with Gasteiger partial charge in [-0.05, 0) is 72.1 Å². The monoisotopic (exact) mass is 359 g/mol. The van der Waals surface area contributed by atoms with Crippen LogP contribution in [-0.2, 0) is 9.84 Å². The van der Waals surface area contributed by atoms with Crippen molar-refractivity contribution < 1.29 is 8.42 Å². The zero-order chi connectivity index (χ0) is 16.9.